The van der Waals surface area contributed by atoms with E-state index in [0.29, 0.717) is 11.3 Å². The van der Waals surface area contributed by atoms with Crippen LogP contribution in [0.3, 0.4) is 0 Å². The van der Waals surface area contributed by atoms with Crippen molar-refractivity contribution in [2.24, 2.45) is 5.41 Å². The summed E-state index contributed by atoms with van der Waals surface area (Å²) in [5.74, 6) is -0.216. The van der Waals surface area contributed by atoms with E-state index in [1.165, 1.54) is 11.6 Å². The van der Waals surface area contributed by atoms with Gasteiger partial charge < -0.3 is 15.2 Å². The third kappa shape index (κ3) is 4.33. The van der Waals surface area contributed by atoms with E-state index in [1.54, 1.807) is 6.07 Å². The van der Waals surface area contributed by atoms with Crippen LogP contribution in [0.5, 0.6) is 5.75 Å². The third-order valence-electron chi connectivity index (χ3n) is 6.73. The minimum absolute atomic E-state index is 0. The highest BCUT2D eigenvalue weighted by atomic mass is 35.5. The molecule has 1 atom stereocenters. The second-order valence-electron chi connectivity index (χ2n) is 8.32. The molecule has 0 amide bonds. The number of halogens is 2. The van der Waals surface area contributed by atoms with Crippen LogP contribution in [0.15, 0.2) is 36.4 Å². The van der Waals surface area contributed by atoms with Crippen molar-refractivity contribution in [2.45, 2.75) is 51.6 Å². The van der Waals surface area contributed by atoms with Crippen LogP contribution in [0, 0.1) is 11.2 Å². The fraction of sp³-hybridized carbons (Fsp3) is 0.458. The molecule has 1 fully saturated rings. The van der Waals surface area contributed by atoms with E-state index in [-0.39, 0.29) is 42.6 Å². The zero-order valence-electron chi connectivity index (χ0n) is 17.2. The molecule has 2 aromatic carbocycles. The average molecular weight is 434 g/mol. The first kappa shape index (κ1) is 22.6. The standard InChI is InChI=1S/C24H28FNO3.ClH/c1-2-16-4-3-5-22(25)20(16)15-29-18-6-7-19-17(12-18)14-24(8-10-26-11-9-24)21(19)13-23(27)28;/h3-7,12,21,26H,2,8-11,13-15H2,1H3,(H,27,28);1H. The molecule has 1 unspecified atom stereocenters. The zero-order valence-corrected chi connectivity index (χ0v) is 18.1. The maximum atomic E-state index is 14.2. The fourth-order valence-electron chi connectivity index (χ4n) is 5.20. The molecule has 4 nitrogen and oxygen atoms in total. The average Bonchev–Trinajstić information content (AvgIpc) is 2.98. The lowest BCUT2D eigenvalue weighted by molar-refractivity contribution is -0.138. The monoisotopic (exact) mass is 433 g/mol. The molecule has 162 valence electrons. The van der Waals surface area contributed by atoms with Gasteiger partial charge in [-0.1, -0.05) is 25.1 Å². The van der Waals surface area contributed by atoms with Crippen LogP contribution in [0.1, 0.15) is 54.4 Å². The second-order valence-corrected chi connectivity index (χ2v) is 8.32. The van der Waals surface area contributed by atoms with Gasteiger partial charge in [0.1, 0.15) is 18.2 Å². The first-order valence-electron chi connectivity index (χ1n) is 10.5. The Hall–Kier alpha value is -2.11. The van der Waals surface area contributed by atoms with Gasteiger partial charge in [0.15, 0.2) is 0 Å². The number of hydrogen-bond donors (Lipinski definition) is 2. The van der Waals surface area contributed by atoms with Crippen molar-refractivity contribution in [3.63, 3.8) is 0 Å². The van der Waals surface area contributed by atoms with E-state index in [0.717, 1.165) is 49.9 Å². The van der Waals surface area contributed by atoms with Gasteiger partial charge in [0.2, 0.25) is 0 Å². The normalized spacial score (nSPS) is 19.2. The molecule has 6 heteroatoms. The predicted molar refractivity (Wildman–Crippen MR) is 117 cm³/mol. The maximum absolute atomic E-state index is 14.2. The number of piperidine rings is 1. The van der Waals surface area contributed by atoms with Crippen LogP contribution in [-0.2, 0) is 24.2 Å². The second kappa shape index (κ2) is 9.36. The van der Waals surface area contributed by atoms with Crippen LogP contribution in [0.25, 0.3) is 0 Å². The van der Waals surface area contributed by atoms with E-state index in [4.69, 9.17) is 4.74 Å². The van der Waals surface area contributed by atoms with Crippen molar-refractivity contribution in [1.82, 2.24) is 5.32 Å². The number of aryl methyl sites for hydroxylation is 1. The van der Waals surface area contributed by atoms with Crippen molar-refractivity contribution in [2.75, 3.05) is 13.1 Å². The van der Waals surface area contributed by atoms with Gasteiger partial charge in [-0.05, 0) is 79.1 Å². The first-order valence-corrected chi connectivity index (χ1v) is 10.5. The lowest BCUT2D eigenvalue weighted by atomic mass is 9.68. The number of rotatable bonds is 6. The quantitative estimate of drug-likeness (QED) is 0.682. The minimum Gasteiger partial charge on any atom is -0.489 e. The molecule has 1 heterocycles. The topological polar surface area (TPSA) is 58.6 Å². The van der Waals surface area contributed by atoms with Crippen molar-refractivity contribution >= 4 is 18.4 Å². The lowest BCUT2D eigenvalue weighted by Crippen LogP contribution is -2.40. The summed E-state index contributed by atoms with van der Waals surface area (Å²) in [5.41, 5.74) is 3.91. The summed E-state index contributed by atoms with van der Waals surface area (Å²) in [6.45, 7) is 4.07. The molecule has 2 aromatic rings. The SMILES string of the molecule is CCc1cccc(F)c1COc1ccc2c(c1)CC1(CCNCC1)C2CC(=O)O.Cl. The van der Waals surface area contributed by atoms with Crippen LogP contribution >= 0.6 is 12.4 Å². The molecule has 1 aliphatic carbocycles. The number of aliphatic carboxylic acids is 1. The number of ether oxygens (including phenoxy) is 1. The van der Waals surface area contributed by atoms with Crippen molar-refractivity contribution in [1.29, 1.82) is 0 Å². The molecular formula is C24H29ClFNO3. The van der Waals surface area contributed by atoms with Gasteiger partial charge in [-0.3, -0.25) is 4.79 Å². The van der Waals surface area contributed by atoms with E-state index < -0.39 is 5.97 Å². The molecule has 0 aromatic heterocycles. The Bertz CT molecular complexity index is 911. The molecule has 0 saturated carbocycles. The lowest BCUT2D eigenvalue weighted by Gasteiger charge is -2.39. The van der Waals surface area contributed by atoms with Gasteiger partial charge in [-0.15, -0.1) is 12.4 Å². The number of nitrogens with one attached hydrogen (secondary N) is 1. The molecule has 1 aliphatic heterocycles. The van der Waals surface area contributed by atoms with Gasteiger partial charge in [-0.25, -0.2) is 4.39 Å². The summed E-state index contributed by atoms with van der Waals surface area (Å²) >= 11 is 0. The van der Waals surface area contributed by atoms with Crippen molar-refractivity contribution in [3.05, 3.63) is 64.5 Å². The Morgan fingerprint density at radius 2 is 2.03 bits per heavy atom. The van der Waals surface area contributed by atoms with Gasteiger partial charge in [0.25, 0.3) is 0 Å². The highest BCUT2D eigenvalue weighted by Crippen LogP contribution is 2.54. The molecule has 0 radical (unpaired) electrons. The number of carboxylic acids is 1. The summed E-state index contributed by atoms with van der Waals surface area (Å²) in [6.07, 6.45) is 3.80. The van der Waals surface area contributed by atoms with Gasteiger partial charge in [0.05, 0.1) is 6.42 Å². The highest BCUT2D eigenvalue weighted by molar-refractivity contribution is 5.85. The van der Waals surface area contributed by atoms with Crippen LogP contribution in [0.4, 0.5) is 4.39 Å². The van der Waals surface area contributed by atoms with Crippen molar-refractivity contribution < 1.29 is 19.0 Å². The Morgan fingerprint density at radius 3 is 2.73 bits per heavy atom. The number of carboxylic acid groups (broad SMARTS) is 1. The Morgan fingerprint density at radius 1 is 1.27 bits per heavy atom. The summed E-state index contributed by atoms with van der Waals surface area (Å²) in [5, 5.41) is 12.9. The molecule has 1 spiro atoms. The molecule has 2 aliphatic rings. The Kier molecular flexibility index (Phi) is 7.04. The third-order valence-corrected chi connectivity index (χ3v) is 6.73. The number of carbonyl (C=O) groups is 1. The Labute approximate surface area is 183 Å². The van der Waals surface area contributed by atoms with Gasteiger partial charge in [-0.2, -0.15) is 0 Å². The molecule has 30 heavy (non-hydrogen) atoms. The fourth-order valence-corrected chi connectivity index (χ4v) is 5.20. The highest BCUT2D eigenvalue weighted by Gasteiger charge is 2.47. The molecule has 4 rings (SSSR count). The summed E-state index contributed by atoms with van der Waals surface area (Å²) in [4.78, 5) is 11.5. The maximum Gasteiger partial charge on any atom is 0.303 e. The van der Waals surface area contributed by atoms with E-state index in [1.807, 2.05) is 31.2 Å². The zero-order chi connectivity index (χ0) is 20.4. The minimum atomic E-state index is -0.743. The molecular weight excluding hydrogens is 405 g/mol. The van der Waals surface area contributed by atoms with Crippen LogP contribution < -0.4 is 10.1 Å². The number of hydrogen-bond acceptors (Lipinski definition) is 3. The summed E-state index contributed by atoms with van der Waals surface area (Å²) in [6, 6.07) is 11.1. The van der Waals surface area contributed by atoms with E-state index in [2.05, 4.69) is 5.32 Å². The summed E-state index contributed by atoms with van der Waals surface area (Å²) < 4.78 is 20.2. The molecule has 1 saturated heterocycles. The number of benzene rings is 2. The van der Waals surface area contributed by atoms with Crippen LogP contribution in [-0.4, -0.2) is 24.2 Å². The van der Waals surface area contributed by atoms with Gasteiger partial charge >= 0.3 is 5.97 Å². The first-order chi connectivity index (χ1) is 14.0. The van der Waals surface area contributed by atoms with Crippen molar-refractivity contribution in [3.8, 4) is 5.75 Å². The number of fused-ring (bicyclic) bond motifs is 1. The molecule has 0 bridgehead atoms. The summed E-state index contributed by atoms with van der Waals surface area (Å²) in [7, 11) is 0. The van der Waals surface area contributed by atoms with E-state index in [9.17, 15) is 14.3 Å². The Balaban J connectivity index is 0.00000256. The smallest absolute Gasteiger partial charge is 0.303 e. The molecule has 2 N–H and O–H groups in total. The predicted octanol–water partition coefficient (Wildman–Crippen LogP) is 4.87. The largest absolute Gasteiger partial charge is 0.489 e. The van der Waals surface area contributed by atoms with E-state index >= 15 is 0 Å². The van der Waals surface area contributed by atoms with Crippen LogP contribution in [0.2, 0.25) is 0 Å². The van der Waals surface area contributed by atoms with Gasteiger partial charge in [0, 0.05) is 11.5 Å².